The van der Waals surface area contributed by atoms with Gasteiger partial charge in [0.2, 0.25) is 0 Å². The Morgan fingerprint density at radius 3 is 2.75 bits per heavy atom. The Kier molecular flexibility index (Phi) is 4.98. The monoisotopic (exact) mass is 241 g/mol. The third kappa shape index (κ3) is 3.66. The van der Waals surface area contributed by atoms with Gasteiger partial charge in [-0.3, -0.25) is 4.79 Å². The van der Waals surface area contributed by atoms with E-state index in [0.717, 1.165) is 12.2 Å². The molecule has 0 bridgehead atoms. The molecule has 1 rings (SSSR count). The average Bonchev–Trinajstić information content (AvgIpc) is 2.28. The molecule has 0 atom stereocenters. The highest BCUT2D eigenvalue weighted by molar-refractivity contribution is 7.98. The van der Waals surface area contributed by atoms with Gasteiger partial charge >= 0.3 is 0 Å². The highest BCUT2D eigenvalue weighted by Crippen LogP contribution is 2.24. The molecule has 1 amide bonds. The van der Waals surface area contributed by atoms with E-state index < -0.39 is 0 Å². The second-order valence-corrected chi connectivity index (χ2v) is 4.29. The Balaban J connectivity index is 2.50. The lowest BCUT2D eigenvalue weighted by atomic mass is 10.2. The molecule has 0 aliphatic carbocycles. The minimum Gasteiger partial charge on any atom is -0.504 e. The molecule has 0 saturated carbocycles. The molecule has 0 saturated heterocycles. The Bertz CT molecular complexity index is 368. The normalized spacial score (nSPS) is 10.1. The molecule has 0 aliphatic rings. The summed E-state index contributed by atoms with van der Waals surface area (Å²) in [6.45, 7) is 0.612. The molecule has 1 aromatic rings. The van der Waals surface area contributed by atoms with E-state index in [-0.39, 0.29) is 17.4 Å². The second kappa shape index (κ2) is 6.27. The molecule has 0 radical (unpaired) electrons. The van der Waals surface area contributed by atoms with Gasteiger partial charge in [0.25, 0.3) is 5.91 Å². The van der Waals surface area contributed by atoms with E-state index in [1.165, 1.54) is 18.2 Å². The minimum atomic E-state index is -0.281. The predicted molar refractivity (Wildman–Crippen MR) is 65.1 cm³/mol. The van der Waals surface area contributed by atoms with Crippen LogP contribution in [0, 0.1) is 0 Å². The maximum Gasteiger partial charge on any atom is 0.251 e. The van der Waals surface area contributed by atoms with Gasteiger partial charge in [-0.25, -0.2) is 0 Å². The summed E-state index contributed by atoms with van der Waals surface area (Å²) in [4.78, 5) is 11.6. The van der Waals surface area contributed by atoms with Crippen LogP contribution in [0.15, 0.2) is 18.2 Å². The molecule has 4 nitrogen and oxygen atoms in total. The third-order valence-electron chi connectivity index (χ3n) is 2.05. The zero-order valence-corrected chi connectivity index (χ0v) is 9.88. The number of carbonyl (C=O) groups is 1. The fourth-order valence-corrected chi connectivity index (χ4v) is 1.62. The van der Waals surface area contributed by atoms with Crippen LogP contribution in [0.25, 0.3) is 0 Å². The number of hydrogen-bond acceptors (Lipinski definition) is 4. The van der Waals surface area contributed by atoms with E-state index in [0.29, 0.717) is 12.1 Å². The van der Waals surface area contributed by atoms with E-state index in [9.17, 15) is 9.90 Å². The van der Waals surface area contributed by atoms with E-state index >= 15 is 0 Å². The van der Waals surface area contributed by atoms with Gasteiger partial charge in [-0.2, -0.15) is 11.8 Å². The van der Waals surface area contributed by atoms with Crippen molar-refractivity contribution in [2.75, 3.05) is 18.6 Å². The van der Waals surface area contributed by atoms with Gasteiger partial charge in [0.05, 0.1) is 0 Å². The standard InChI is InChI=1S/C11H15NO3S/c1-16-6-2-5-12-11(15)8-3-4-9(13)10(14)7-8/h3-4,7,13-14H,2,5-6H2,1H3,(H,12,15). The van der Waals surface area contributed by atoms with Gasteiger partial charge in [0.15, 0.2) is 11.5 Å². The summed E-state index contributed by atoms with van der Waals surface area (Å²) in [7, 11) is 0. The van der Waals surface area contributed by atoms with Crippen molar-refractivity contribution >= 4 is 17.7 Å². The Labute approximate surface area is 98.7 Å². The van der Waals surface area contributed by atoms with Crippen molar-refractivity contribution in [3.05, 3.63) is 23.8 Å². The van der Waals surface area contributed by atoms with Crippen molar-refractivity contribution in [3.63, 3.8) is 0 Å². The summed E-state index contributed by atoms with van der Waals surface area (Å²) in [5.41, 5.74) is 0.347. The van der Waals surface area contributed by atoms with E-state index in [1.807, 2.05) is 6.26 Å². The van der Waals surface area contributed by atoms with Crippen molar-refractivity contribution in [2.45, 2.75) is 6.42 Å². The van der Waals surface area contributed by atoms with Crippen LogP contribution in [-0.4, -0.2) is 34.7 Å². The number of aromatic hydroxyl groups is 2. The summed E-state index contributed by atoms with van der Waals surface area (Å²) >= 11 is 1.73. The van der Waals surface area contributed by atoms with Gasteiger partial charge in [-0.1, -0.05) is 0 Å². The minimum absolute atomic E-state index is 0.223. The lowest BCUT2D eigenvalue weighted by Crippen LogP contribution is -2.24. The molecule has 0 spiro atoms. The first-order valence-electron chi connectivity index (χ1n) is 4.94. The number of benzene rings is 1. The van der Waals surface area contributed by atoms with Gasteiger partial charge in [0, 0.05) is 12.1 Å². The molecule has 3 N–H and O–H groups in total. The number of thioether (sulfide) groups is 1. The third-order valence-corrected chi connectivity index (χ3v) is 2.75. The number of phenols is 2. The largest absolute Gasteiger partial charge is 0.504 e. The Morgan fingerprint density at radius 1 is 1.38 bits per heavy atom. The van der Waals surface area contributed by atoms with Gasteiger partial charge in [-0.15, -0.1) is 0 Å². The first kappa shape index (κ1) is 12.7. The number of rotatable bonds is 5. The number of phenolic OH excluding ortho intramolecular Hbond substituents is 2. The van der Waals surface area contributed by atoms with Crippen LogP contribution in [0.5, 0.6) is 11.5 Å². The van der Waals surface area contributed by atoms with Gasteiger partial charge in [0.1, 0.15) is 0 Å². The summed E-state index contributed by atoms with van der Waals surface area (Å²) in [6.07, 6.45) is 2.93. The number of nitrogens with one attached hydrogen (secondary N) is 1. The molecule has 0 aliphatic heterocycles. The Morgan fingerprint density at radius 2 is 2.12 bits per heavy atom. The van der Waals surface area contributed by atoms with Crippen molar-refractivity contribution in [1.29, 1.82) is 0 Å². The molecule has 1 aromatic carbocycles. The first-order chi connectivity index (χ1) is 7.65. The van der Waals surface area contributed by atoms with E-state index in [4.69, 9.17) is 5.11 Å². The zero-order valence-electron chi connectivity index (χ0n) is 9.06. The Hall–Kier alpha value is -1.36. The number of carbonyl (C=O) groups excluding carboxylic acids is 1. The van der Waals surface area contributed by atoms with Gasteiger partial charge in [-0.05, 0) is 36.6 Å². The molecular formula is C11H15NO3S. The van der Waals surface area contributed by atoms with E-state index in [2.05, 4.69) is 5.32 Å². The van der Waals surface area contributed by atoms with Crippen LogP contribution in [0.3, 0.4) is 0 Å². The van der Waals surface area contributed by atoms with Crippen molar-refractivity contribution in [1.82, 2.24) is 5.32 Å². The maximum absolute atomic E-state index is 11.6. The average molecular weight is 241 g/mol. The molecular weight excluding hydrogens is 226 g/mol. The van der Waals surface area contributed by atoms with Crippen molar-refractivity contribution in [3.8, 4) is 11.5 Å². The molecule has 5 heteroatoms. The van der Waals surface area contributed by atoms with Crippen molar-refractivity contribution in [2.24, 2.45) is 0 Å². The van der Waals surface area contributed by atoms with Crippen LogP contribution < -0.4 is 5.32 Å². The lowest BCUT2D eigenvalue weighted by Gasteiger charge is -2.05. The lowest BCUT2D eigenvalue weighted by molar-refractivity contribution is 0.0953. The molecule has 0 unspecified atom stereocenters. The fourth-order valence-electron chi connectivity index (χ4n) is 1.19. The van der Waals surface area contributed by atoms with Crippen LogP contribution in [0.4, 0.5) is 0 Å². The van der Waals surface area contributed by atoms with Crippen LogP contribution in [0.2, 0.25) is 0 Å². The smallest absolute Gasteiger partial charge is 0.251 e. The highest BCUT2D eigenvalue weighted by Gasteiger charge is 2.07. The van der Waals surface area contributed by atoms with Crippen LogP contribution in [0.1, 0.15) is 16.8 Å². The zero-order chi connectivity index (χ0) is 12.0. The maximum atomic E-state index is 11.6. The predicted octanol–water partition coefficient (Wildman–Crippen LogP) is 1.58. The molecule has 0 aromatic heterocycles. The summed E-state index contributed by atoms with van der Waals surface area (Å²) in [6, 6.07) is 4.02. The SMILES string of the molecule is CSCCCNC(=O)c1ccc(O)c(O)c1. The number of hydrogen-bond donors (Lipinski definition) is 3. The number of amides is 1. The molecule has 16 heavy (non-hydrogen) atoms. The highest BCUT2D eigenvalue weighted by atomic mass is 32.2. The molecule has 0 fully saturated rings. The van der Waals surface area contributed by atoms with Crippen molar-refractivity contribution < 1.29 is 15.0 Å². The van der Waals surface area contributed by atoms with Gasteiger partial charge < -0.3 is 15.5 Å². The topological polar surface area (TPSA) is 69.6 Å². The van der Waals surface area contributed by atoms with Crippen LogP contribution in [-0.2, 0) is 0 Å². The van der Waals surface area contributed by atoms with E-state index in [1.54, 1.807) is 11.8 Å². The summed E-state index contributed by atoms with van der Waals surface area (Å²) < 4.78 is 0. The van der Waals surface area contributed by atoms with Crippen LogP contribution >= 0.6 is 11.8 Å². The molecule has 0 heterocycles. The second-order valence-electron chi connectivity index (χ2n) is 3.31. The quantitative estimate of drug-likeness (QED) is 0.541. The molecule has 88 valence electrons. The fraction of sp³-hybridized carbons (Fsp3) is 0.364. The first-order valence-corrected chi connectivity index (χ1v) is 6.33. The summed E-state index contributed by atoms with van der Waals surface area (Å²) in [5.74, 6) is 0.258. The summed E-state index contributed by atoms with van der Waals surface area (Å²) in [5, 5.41) is 21.0.